The average molecular weight is 219 g/mol. The zero-order valence-electron chi connectivity index (χ0n) is 10.5. The van der Waals surface area contributed by atoms with Crippen molar-refractivity contribution < 1.29 is 0 Å². The SMILES string of the molecule is CN1CCC[C@H](c2ccc(N(C)C)cn2)C1. The summed E-state index contributed by atoms with van der Waals surface area (Å²) in [5.74, 6) is 0.620. The second kappa shape index (κ2) is 4.83. The summed E-state index contributed by atoms with van der Waals surface area (Å²) < 4.78 is 0. The predicted octanol–water partition coefficient (Wildman–Crippen LogP) is 1.96. The molecule has 1 aromatic rings. The molecule has 0 unspecified atom stereocenters. The molecule has 0 spiro atoms. The highest BCUT2D eigenvalue weighted by molar-refractivity contribution is 5.42. The Labute approximate surface area is 98.1 Å². The normalized spacial score (nSPS) is 22.1. The van der Waals surface area contributed by atoms with Gasteiger partial charge in [0.15, 0.2) is 0 Å². The van der Waals surface area contributed by atoms with Crippen LogP contribution < -0.4 is 4.90 Å². The number of piperidine rings is 1. The Kier molecular flexibility index (Phi) is 3.44. The van der Waals surface area contributed by atoms with Crippen LogP contribution >= 0.6 is 0 Å². The molecule has 1 atom stereocenters. The fraction of sp³-hybridized carbons (Fsp3) is 0.615. The van der Waals surface area contributed by atoms with E-state index < -0.39 is 0 Å². The van der Waals surface area contributed by atoms with Crippen LogP contribution in [-0.4, -0.2) is 44.1 Å². The molecular weight excluding hydrogens is 198 g/mol. The molecule has 1 fully saturated rings. The fourth-order valence-corrected chi connectivity index (χ4v) is 2.31. The van der Waals surface area contributed by atoms with E-state index in [9.17, 15) is 0 Å². The van der Waals surface area contributed by atoms with Gasteiger partial charge in [-0.15, -0.1) is 0 Å². The first-order valence-electron chi connectivity index (χ1n) is 5.98. The van der Waals surface area contributed by atoms with Gasteiger partial charge in [-0.25, -0.2) is 0 Å². The fourth-order valence-electron chi connectivity index (χ4n) is 2.31. The maximum absolute atomic E-state index is 4.59. The molecule has 0 aromatic carbocycles. The third-order valence-electron chi connectivity index (χ3n) is 3.33. The van der Waals surface area contributed by atoms with Gasteiger partial charge in [-0.2, -0.15) is 0 Å². The second-order valence-electron chi connectivity index (χ2n) is 4.94. The summed E-state index contributed by atoms with van der Waals surface area (Å²) >= 11 is 0. The minimum Gasteiger partial charge on any atom is -0.376 e. The minimum absolute atomic E-state index is 0.620. The van der Waals surface area contributed by atoms with E-state index in [1.54, 1.807) is 0 Å². The summed E-state index contributed by atoms with van der Waals surface area (Å²) in [5.41, 5.74) is 2.42. The highest BCUT2D eigenvalue weighted by Crippen LogP contribution is 2.25. The molecule has 1 aromatic heterocycles. The zero-order valence-corrected chi connectivity index (χ0v) is 10.5. The molecule has 88 valence electrons. The van der Waals surface area contributed by atoms with Crippen molar-refractivity contribution in [3.8, 4) is 0 Å². The molecule has 0 bridgehead atoms. The third kappa shape index (κ3) is 2.53. The smallest absolute Gasteiger partial charge is 0.0547 e. The van der Waals surface area contributed by atoms with E-state index in [-0.39, 0.29) is 0 Å². The van der Waals surface area contributed by atoms with Gasteiger partial charge >= 0.3 is 0 Å². The quantitative estimate of drug-likeness (QED) is 0.758. The number of hydrogen-bond acceptors (Lipinski definition) is 3. The molecule has 2 rings (SSSR count). The molecule has 3 heteroatoms. The Bertz CT molecular complexity index is 332. The van der Waals surface area contributed by atoms with Crippen LogP contribution in [0, 0.1) is 0 Å². The number of rotatable bonds is 2. The van der Waals surface area contributed by atoms with E-state index in [1.807, 2.05) is 20.3 Å². The lowest BCUT2D eigenvalue weighted by atomic mass is 9.94. The zero-order chi connectivity index (χ0) is 11.5. The third-order valence-corrected chi connectivity index (χ3v) is 3.33. The van der Waals surface area contributed by atoms with Crippen LogP contribution in [0.15, 0.2) is 18.3 Å². The van der Waals surface area contributed by atoms with Crippen LogP contribution in [0.5, 0.6) is 0 Å². The molecule has 0 saturated carbocycles. The first kappa shape index (κ1) is 11.4. The number of hydrogen-bond donors (Lipinski definition) is 0. The van der Waals surface area contributed by atoms with Crippen LogP contribution in [-0.2, 0) is 0 Å². The van der Waals surface area contributed by atoms with Crippen molar-refractivity contribution in [3.63, 3.8) is 0 Å². The van der Waals surface area contributed by atoms with Gasteiger partial charge in [0, 0.05) is 32.3 Å². The van der Waals surface area contributed by atoms with E-state index in [1.165, 1.54) is 30.8 Å². The maximum Gasteiger partial charge on any atom is 0.0547 e. The summed E-state index contributed by atoms with van der Waals surface area (Å²) in [6.07, 6.45) is 4.54. The summed E-state index contributed by atoms with van der Waals surface area (Å²) in [7, 11) is 6.29. The van der Waals surface area contributed by atoms with E-state index in [0.717, 1.165) is 6.54 Å². The van der Waals surface area contributed by atoms with Gasteiger partial charge in [0.25, 0.3) is 0 Å². The molecule has 0 N–H and O–H groups in total. The Morgan fingerprint density at radius 3 is 2.75 bits per heavy atom. The average Bonchev–Trinajstić information content (AvgIpc) is 2.29. The molecule has 1 saturated heterocycles. The van der Waals surface area contributed by atoms with Gasteiger partial charge < -0.3 is 9.80 Å². The first-order chi connectivity index (χ1) is 7.66. The number of anilines is 1. The van der Waals surface area contributed by atoms with Gasteiger partial charge in [-0.05, 0) is 38.6 Å². The number of pyridine rings is 1. The van der Waals surface area contributed by atoms with Gasteiger partial charge in [-0.3, -0.25) is 4.98 Å². The number of nitrogens with zero attached hydrogens (tertiary/aromatic N) is 3. The lowest BCUT2D eigenvalue weighted by Gasteiger charge is -2.29. The topological polar surface area (TPSA) is 19.4 Å². The van der Waals surface area contributed by atoms with Crippen LogP contribution in [0.2, 0.25) is 0 Å². The molecule has 2 heterocycles. The molecule has 16 heavy (non-hydrogen) atoms. The van der Waals surface area contributed by atoms with E-state index in [2.05, 4.69) is 34.0 Å². The monoisotopic (exact) mass is 219 g/mol. The van der Waals surface area contributed by atoms with Crippen LogP contribution in [0.1, 0.15) is 24.5 Å². The van der Waals surface area contributed by atoms with Crippen molar-refractivity contribution in [2.24, 2.45) is 0 Å². The summed E-state index contributed by atoms with van der Waals surface area (Å²) in [5, 5.41) is 0. The molecule has 1 aliphatic rings. The summed E-state index contributed by atoms with van der Waals surface area (Å²) in [4.78, 5) is 9.08. The van der Waals surface area contributed by atoms with Crippen LogP contribution in [0.3, 0.4) is 0 Å². The Balaban J connectivity index is 2.09. The van der Waals surface area contributed by atoms with Gasteiger partial charge in [-0.1, -0.05) is 0 Å². The largest absolute Gasteiger partial charge is 0.376 e. The highest BCUT2D eigenvalue weighted by atomic mass is 15.1. The first-order valence-corrected chi connectivity index (χ1v) is 5.98. The molecule has 0 radical (unpaired) electrons. The van der Waals surface area contributed by atoms with E-state index >= 15 is 0 Å². The van der Waals surface area contributed by atoms with Crippen molar-refractivity contribution in [1.29, 1.82) is 0 Å². The van der Waals surface area contributed by atoms with Crippen molar-refractivity contribution in [2.45, 2.75) is 18.8 Å². The standard InChI is InChI=1S/C13H21N3/c1-15(2)12-6-7-13(14-9-12)11-5-4-8-16(3)10-11/h6-7,9,11H,4-5,8,10H2,1-3H3/t11-/m0/s1. The molecule has 0 amide bonds. The minimum atomic E-state index is 0.620. The van der Waals surface area contributed by atoms with Gasteiger partial charge in [0.05, 0.1) is 11.9 Å². The van der Waals surface area contributed by atoms with Crippen LogP contribution in [0.25, 0.3) is 0 Å². The Hall–Kier alpha value is -1.09. The predicted molar refractivity (Wildman–Crippen MR) is 68.0 cm³/mol. The Morgan fingerprint density at radius 1 is 1.38 bits per heavy atom. The molecular formula is C13H21N3. The summed E-state index contributed by atoms with van der Waals surface area (Å²) in [6.45, 7) is 2.38. The summed E-state index contributed by atoms with van der Waals surface area (Å²) in [6, 6.07) is 4.34. The number of likely N-dealkylation sites (tertiary alicyclic amines) is 1. The van der Waals surface area contributed by atoms with Gasteiger partial charge in [0.1, 0.15) is 0 Å². The molecule has 0 aliphatic carbocycles. The van der Waals surface area contributed by atoms with Crippen molar-refractivity contribution in [1.82, 2.24) is 9.88 Å². The number of aromatic nitrogens is 1. The second-order valence-corrected chi connectivity index (χ2v) is 4.94. The van der Waals surface area contributed by atoms with Gasteiger partial charge in [0.2, 0.25) is 0 Å². The van der Waals surface area contributed by atoms with Crippen molar-refractivity contribution in [3.05, 3.63) is 24.0 Å². The van der Waals surface area contributed by atoms with Crippen LogP contribution in [0.4, 0.5) is 5.69 Å². The van der Waals surface area contributed by atoms with Crippen molar-refractivity contribution >= 4 is 5.69 Å². The van der Waals surface area contributed by atoms with E-state index in [0.29, 0.717) is 5.92 Å². The molecule has 1 aliphatic heterocycles. The van der Waals surface area contributed by atoms with E-state index in [4.69, 9.17) is 0 Å². The number of likely N-dealkylation sites (N-methyl/N-ethyl adjacent to an activating group) is 1. The maximum atomic E-state index is 4.59. The lowest BCUT2D eigenvalue weighted by molar-refractivity contribution is 0.248. The van der Waals surface area contributed by atoms with Crippen molar-refractivity contribution in [2.75, 3.05) is 39.1 Å². The lowest BCUT2D eigenvalue weighted by Crippen LogP contribution is -2.31. The molecule has 3 nitrogen and oxygen atoms in total. The highest BCUT2D eigenvalue weighted by Gasteiger charge is 2.19. The Morgan fingerprint density at radius 2 is 2.19 bits per heavy atom.